The lowest BCUT2D eigenvalue weighted by Gasteiger charge is -2.67. The van der Waals surface area contributed by atoms with Crippen molar-refractivity contribution < 1.29 is 34.3 Å². The van der Waals surface area contributed by atoms with Crippen LogP contribution in [0.2, 0.25) is 0 Å². The van der Waals surface area contributed by atoms with Gasteiger partial charge in [-0.15, -0.1) is 0 Å². The summed E-state index contributed by atoms with van der Waals surface area (Å²) in [5.41, 5.74) is -3.24. The molecule has 3 N–H and O–H groups in total. The fourth-order valence-electron chi connectivity index (χ4n) is 7.51. The molecule has 4 aliphatic rings. The lowest BCUT2D eigenvalue weighted by molar-refractivity contribution is -0.337. The van der Waals surface area contributed by atoms with E-state index >= 15 is 0 Å². The van der Waals surface area contributed by atoms with E-state index in [-0.39, 0.29) is 18.8 Å². The summed E-state index contributed by atoms with van der Waals surface area (Å²) in [6.07, 6.45) is -2.24. The number of ether oxygens (including phenoxy) is 3. The van der Waals surface area contributed by atoms with E-state index in [4.69, 9.17) is 14.2 Å². The van der Waals surface area contributed by atoms with E-state index in [2.05, 4.69) is 0 Å². The third-order valence-corrected chi connectivity index (χ3v) is 9.34. The van der Waals surface area contributed by atoms with Crippen LogP contribution < -0.4 is 0 Å². The molecule has 0 radical (unpaired) electrons. The highest BCUT2D eigenvalue weighted by atomic mass is 16.6. The fourth-order valence-corrected chi connectivity index (χ4v) is 7.51. The van der Waals surface area contributed by atoms with Gasteiger partial charge in [-0.2, -0.15) is 0 Å². The molecule has 3 fully saturated rings. The van der Waals surface area contributed by atoms with Crippen LogP contribution >= 0.6 is 0 Å². The number of aliphatic hydroxyl groups is 3. The van der Waals surface area contributed by atoms with E-state index < -0.39 is 58.3 Å². The van der Waals surface area contributed by atoms with Crippen LogP contribution in [0.3, 0.4) is 0 Å². The molecule has 2 bridgehead atoms. The van der Waals surface area contributed by atoms with E-state index in [1.165, 1.54) is 7.11 Å². The molecule has 7 heteroatoms. The van der Waals surface area contributed by atoms with Gasteiger partial charge in [0.1, 0.15) is 11.7 Å². The van der Waals surface area contributed by atoms with Gasteiger partial charge in [-0.3, -0.25) is 4.79 Å². The van der Waals surface area contributed by atoms with Crippen LogP contribution in [-0.4, -0.2) is 77.5 Å². The Hall–Kier alpha value is -0.830. The Morgan fingerprint density at radius 2 is 1.77 bits per heavy atom. The summed E-state index contributed by atoms with van der Waals surface area (Å²) in [5.74, 6) is -1.30. The van der Waals surface area contributed by atoms with Gasteiger partial charge in [0.25, 0.3) is 0 Å². The van der Waals surface area contributed by atoms with Gasteiger partial charge < -0.3 is 29.5 Å². The van der Waals surface area contributed by atoms with Crippen molar-refractivity contribution in [3.63, 3.8) is 0 Å². The van der Waals surface area contributed by atoms with Crippen molar-refractivity contribution in [2.75, 3.05) is 20.8 Å². The van der Waals surface area contributed by atoms with Crippen molar-refractivity contribution in [3.8, 4) is 0 Å². The SMILES string of the molecule is COC1C(=O)[C@]2(C)C(OC)CC3OC[C@@]3(O)C2C(C)C2(O)CC(O)C(C)=C1C2(C)C. The van der Waals surface area contributed by atoms with Crippen LogP contribution in [0.25, 0.3) is 0 Å². The van der Waals surface area contributed by atoms with E-state index in [9.17, 15) is 20.1 Å². The molecule has 1 heterocycles. The molecule has 7 unspecified atom stereocenters. The molecule has 0 spiro atoms. The summed E-state index contributed by atoms with van der Waals surface area (Å²) in [6.45, 7) is 9.47. The topological polar surface area (TPSA) is 105 Å². The van der Waals surface area contributed by atoms with Crippen LogP contribution in [0, 0.1) is 22.7 Å². The maximum Gasteiger partial charge on any atom is 0.174 e. The summed E-state index contributed by atoms with van der Waals surface area (Å²) < 4.78 is 17.3. The molecule has 0 aromatic rings. The fraction of sp³-hybridized carbons (Fsp3) is 0.870. The maximum absolute atomic E-state index is 14.2. The Labute approximate surface area is 178 Å². The number of ketones is 1. The highest BCUT2D eigenvalue weighted by Crippen LogP contribution is 2.64. The minimum Gasteiger partial charge on any atom is -0.389 e. The number of fused-ring (bicyclic) bond motifs is 5. The number of rotatable bonds is 2. The second-order valence-corrected chi connectivity index (χ2v) is 10.6. The van der Waals surface area contributed by atoms with E-state index in [1.54, 1.807) is 7.11 Å². The molecular formula is C23H36O7. The van der Waals surface area contributed by atoms with Gasteiger partial charge in [-0.25, -0.2) is 0 Å². The average Bonchev–Trinajstić information content (AvgIpc) is 2.67. The molecule has 0 aromatic heterocycles. The molecule has 0 amide bonds. The minimum atomic E-state index is -1.36. The van der Waals surface area contributed by atoms with Crippen LogP contribution in [0.1, 0.15) is 47.5 Å². The molecule has 1 saturated heterocycles. The van der Waals surface area contributed by atoms with Gasteiger partial charge in [0, 0.05) is 38.4 Å². The van der Waals surface area contributed by atoms with Crippen molar-refractivity contribution in [1.82, 2.24) is 0 Å². The number of carbonyl (C=O) groups is 1. The molecule has 0 aromatic carbocycles. The summed E-state index contributed by atoms with van der Waals surface area (Å²) in [4.78, 5) is 14.2. The minimum absolute atomic E-state index is 0.115. The predicted molar refractivity (Wildman–Crippen MR) is 109 cm³/mol. The second kappa shape index (κ2) is 6.59. The van der Waals surface area contributed by atoms with Crippen molar-refractivity contribution in [2.45, 2.75) is 83.1 Å². The normalized spacial score (nSPS) is 52.7. The third kappa shape index (κ3) is 2.34. The number of hydrogen-bond acceptors (Lipinski definition) is 7. The molecule has 7 nitrogen and oxygen atoms in total. The largest absolute Gasteiger partial charge is 0.389 e. The van der Waals surface area contributed by atoms with E-state index in [1.807, 2.05) is 34.6 Å². The van der Waals surface area contributed by atoms with Gasteiger partial charge >= 0.3 is 0 Å². The molecule has 4 rings (SSSR count). The highest BCUT2D eigenvalue weighted by Gasteiger charge is 2.74. The Morgan fingerprint density at radius 1 is 1.13 bits per heavy atom. The predicted octanol–water partition coefficient (Wildman–Crippen LogP) is 1.23. The van der Waals surface area contributed by atoms with Gasteiger partial charge in [-0.05, 0) is 30.9 Å². The zero-order valence-corrected chi connectivity index (χ0v) is 19.1. The first kappa shape index (κ1) is 22.4. The zero-order valence-electron chi connectivity index (χ0n) is 19.1. The number of methoxy groups -OCH3 is 2. The first-order chi connectivity index (χ1) is 13.8. The Bertz CT molecular complexity index is 790. The maximum atomic E-state index is 14.2. The smallest absolute Gasteiger partial charge is 0.174 e. The van der Waals surface area contributed by atoms with Crippen LogP contribution in [-0.2, 0) is 19.0 Å². The molecule has 30 heavy (non-hydrogen) atoms. The Morgan fingerprint density at radius 3 is 2.27 bits per heavy atom. The summed E-state index contributed by atoms with van der Waals surface area (Å²) in [5, 5.41) is 34.8. The van der Waals surface area contributed by atoms with Crippen molar-refractivity contribution in [1.29, 1.82) is 0 Å². The van der Waals surface area contributed by atoms with Crippen LogP contribution in [0.15, 0.2) is 11.1 Å². The standard InChI is InChI=1S/C23H36O7/c1-11-13(24)9-23(27)12(2)18-21(5,14(28-6)8-15-22(18,26)10-30-15)19(25)17(29-7)16(11)20(23,3)4/h12-15,17-18,24,26-27H,8-10H2,1-7H3/t12?,13?,14?,15?,17?,18?,21-,22+,23?/m1/s1. The van der Waals surface area contributed by atoms with Crippen LogP contribution in [0.5, 0.6) is 0 Å². The first-order valence-corrected chi connectivity index (χ1v) is 10.9. The lowest BCUT2D eigenvalue weighted by Crippen LogP contribution is -2.79. The van der Waals surface area contributed by atoms with E-state index in [0.717, 1.165) is 0 Å². The summed E-state index contributed by atoms with van der Waals surface area (Å²) in [6, 6.07) is 0. The number of aliphatic hydroxyl groups excluding tert-OH is 1. The molecule has 2 saturated carbocycles. The average molecular weight is 425 g/mol. The lowest BCUT2D eigenvalue weighted by atomic mass is 9.42. The summed E-state index contributed by atoms with van der Waals surface area (Å²) in [7, 11) is 3.05. The molecular weight excluding hydrogens is 388 g/mol. The molecule has 170 valence electrons. The number of Topliss-reactive ketones (excluding diaryl/α,β-unsaturated/α-hetero) is 1. The number of carbonyl (C=O) groups excluding carboxylic acids is 1. The molecule has 1 aliphatic heterocycles. The van der Waals surface area contributed by atoms with Crippen molar-refractivity contribution >= 4 is 5.78 Å². The first-order valence-electron chi connectivity index (χ1n) is 10.9. The van der Waals surface area contributed by atoms with Gasteiger partial charge in [-0.1, -0.05) is 20.8 Å². The molecule has 3 aliphatic carbocycles. The zero-order chi connectivity index (χ0) is 22.4. The van der Waals surface area contributed by atoms with Crippen LogP contribution in [0.4, 0.5) is 0 Å². The third-order valence-electron chi connectivity index (χ3n) is 9.34. The van der Waals surface area contributed by atoms with E-state index in [0.29, 0.717) is 17.6 Å². The van der Waals surface area contributed by atoms with Crippen molar-refractivity contribution in [3.05, 3.63) is 11.1 Å². The Balaban J connectivity index is 2.04. The monoisotopic (exact) mass is 424 g/mol. The highest BCUT2D eigenvalue weighted by molar-refractivity contribution is 5.93. The second-order valence-electron chi connectivity index (χ2n) is 10.6. The Kier molecular flexibility index (Phi) is 4.91. The molecule has 9 atom stereocenters. The van der Waals surface area contributed by atoms with Crippen molar-refractivity contribution in [2.24, 2.45) is 22.7 Å². The van der Waals surface area contributed by atoms with Gasteiger partial charge in [0.2, 0.25) is 0 Å². The van der Waals surface area contributed by atoms with Gasteiger partial charge in [0.15, 0.2) is 5.78 Å². The summed E-state index contributed by atoms with van der Waals surface area (Å²) >= 11 is 0. The van der Waals surface area contributed by atoms with Gasteiger partial charge in [0.05, 0.1) is 35.9 Å². The number of hydrogen-bond donors (Lipinski definition) is 3. The quantitative estimate of drug-likeness (QED) is 0.573.